The van der Waals surface area contributed by atoms with E-state index >= 15 is 0 Å². The molecule has 3 nitrogen and oxygen atoms in total. The highest BCUT2D eigenvalue weighted by Gasteiger charge is 2.27. The summed E-state index contributed by atoms with van der Waals surface area (Å²) in [6.45, 7) is 0.170. The minimum Gasteiger partial charge on any atom is -0.396 e. The van der Waals surface area contributed by atoms with Gasteiger partial charge in [0.2, 0.25) is 0 Å². The SMILES string of the molecule is OCCC1CCCC1Nc1ccnc2c(F)cc(F)cc12. The number of pyridine rings is 1. The van der Waals surface area contributed by atoms with Gasteiger partial charge in [0, 0.05) is 36.0 Å². The van der Waals surface area contributed by atoms with Crippen LogP contribution in [0.3, 0.4) is 0 Å². The number of benzene rings is 1. The normalized spacial score (nSPS) is 21.9. The molecule has 5 heteroatoms. The molecule has 2 aromatic rings. The predicted molar refractivity (Wildman–Crippen MR) is 78.1 cm³/mol. The second kappa shape index (κ2) is 5.93. The van der Waals surface area contributed by atoms with Crippen molar-refractivity contribution in [2.75, 3.05) is 11.9 Å². The van der Waals surface area contributed by atoms with Crippen molar-refractivity contribution in [2.24, 2.45) is 5.92 Å². The molecule has 0 saturated heterocycles. The van der Waals surface area contributed by atoms with Crippen LogP contribution in [-0.2, 0) is 0 Å². The molecule has 3 rings (SSSR count). The van der Waals surface area contributed by atoms with Crippen LogP contribution in [-0.4, -0.2) is 22.7 Å². The van der Waals surface area contributed by atoms with E-state index in [0.717, 1.165) is 31.7 Å². The largest absolute Gasteiger partial charge is 0.396 e. The minimum atomic E-state index is -0.646. The lowest BCUT2D eigenvalue weighted by atomic mass is 9.99. The molecule has 1 aromatic carbocycles. The monoisotopic (exact) mass is 292 g/mol. The van der Waals surface area contributed by atoms with Crippen LogP contribution in [0.25, 0.3) is 10.9 Å². The quantitative estimate of drug-likeness (QED) is 0.907. The molecule has 21 heavy (non-hydrogen) atoms. The molecule has 112 valence electrons. The van der Waals surface area contributed by atoms with E-state index in [1.54, 1.807) is 6.07 Å². The lowest BCUT2D eigenvalue weighted by molar-refractivity contribution is 0.254. The van der Waals surface area contributed by atoms with Crippen molar-refractivity contribution in [3.05, 3.63) is 36.0 Å². The van der Waals surface area contributed by atoms with Crippen molar-refractivity contribution in [1.29, 1.82) is 0 Å². The summed E-state index contributed by atoms with van der Waals surface area (Å²) >= 11 is 0. The first-order chi connectivity index (χ1) is 10.2. The van der Waals surface area contributed by atoms with Gasteiger partial charge < -0.3 is 10.4 Å². The molecular formula is C16H18F2N2O. The molecule has 2 atom stereocenters. The second-order valence-electron chi connectivity index (χ2n) is 5.60. The fourth-order valence-electron chi connectivity index (χ4n) is 3.24. The maximum Gasteiger partial charge on any atom is 0.152 e. The Balaban J connectivity index is 1.93. The molecule has 1 fully saturated rings. The summed E-state index contributed by atoms with van der Waals surface area (Å²) in [6.07, 6.45) is 5.47. The number of hydrogen-bond acceptors (Lipinski definition) is 3. The molecule has 1 saturated carbocycles. The third kappa shape index (κ3) is 2.83. The molecule has 1 aliphatic carbocycles. The van der Waals surface area contributed by atoms with E-state index in [0.29, 0.717) is 17.0 Å². The molecule has 1 heterocycles. The number of nitrogens with one attached hydrogen (secondary N) is 1. The van der Waals surface area contributed by atoms with Gasteiger partial charge in [0.15, 0.2) is 5.82 Å². The van der Waals surface area contributed by atoms with E-state index in [1.807, 2.05) is 0 Å². The van der Waals surface area contributed by atoms with E-state index in [2.05, 4.69) is 10.3 Å². The lowest BCUT2D eigenvalue weighted by Gasteiger charge is -2.22. The van der Waals surface area contributed by atoms with Gasteiger partial charge in [-0.3, -0.25) is 4.98 Å². The molecule has 0 bridgehead atoms. The van der Waals surface area contributed by atoms with Crippen molar-refractivity contribution in [3.63, 3.8) is 0 Å². The molecule has 0 aliphatic heterocycles. The van der Waals surface area contributed by atoms with Crippen molar-refractivity contribution >= 4 is 16.6 Å². The minimum absolute atomic E-state index is 0.170. The summed E-state index contributed by atoms with van der Waals surface area (Å²) in [5.41, 5.74) is 0.881. The van der Waals surface area contributed by atoms with Gasteiger partial charge in [-0.2, -0.15) is 0 Å². The Kier molecular flexibility index (Phi) is 4.01. The standard InChI is InChI=1S/C16H18F2N2O/c17-11-8-12-15(4-6-19-16(12)13(18)9-11)20-14-3-1-2-10(14)5-7-21/h4,6,8-10,14,21H,1-3,5,7H2,(H,19,20). The molecule has 0 spiro atoms. The Bertz CT molecular complexity index is 647. The van der Waals surface area contributed by atoms with E-state index < -0.39 is 11.6 Å². The number of anilines is 1. The van der Waals surface area contributed by atoms with Crippen molar-refractivity contribution < 1.29 is 13.9 Å². The lowest BCUT2D eigenvalue weighted by Crippen LogP contribution is -2.24. The molecule has 2 unspecified atom stereocenters. The third-order valence-electron chi connectivity index (χ3n) is 4.26. The second-order valence-corrected chi connectivity index (χ2v) is 5.60. The predicted octanol–water partition coefficient (Wildman–Crippen LogP) is 3.48. The van der Waals surface area contributed by atoms with Crippen LogP contribution in [0.4, 0.5) is 14.5 Å². The average Bonchev–Trinajstić information content (AvgIpc) is 2.87. The van der Waals surface area contributed by atoms with Crippen molar-refractivity contribution in [1.82, 2.24) is 4.98 Å². The number of fused-ring (bicyclic) bond motifs is 1. The number of halogens is 2. The Morgan fingerprint density at radius 2 is 2.14 bits per heavy atom. The van der Waals surface area contributed by atoms with Gasteiger partial charge in [-0.25, -0.2) is 8.78 Å². The van der Waals surface area contributed by atoms with E-state index in [9.17, 15) is 8.78 Å². The van der Waals surface area contributed by atoms with Gasteiger partial charge in [0.05, 0.1) is 0 Å². The van der Waals surface area contributed by atoms with E-state index in [1.165, 1.54) is 12.3 Å². The van der Waals surface area contributed by atoms with Crippen molar-refractivity contribution in [2.45, 2.75) is 31.7 Å². The topological polar surface area (TPSA) is 45.1 Å². The molecule has 2 N–H and O–H groups in total. The zero-order valence-corrected chi connectivity index (χ0v) is 11.6. The first kappa shape index (κ1) is 14.2. The molecule has 1 aromatic heterocycles. The van der Waals surface area contributed by atoms with E-state index in [-0.39, 0.29) is 18.2 Å². The van der Waals surface area contributed by atoms with Gasteiger partial charge in [-0.15, -0.1) is 0 Å². The number of rotatable bonds is 4. The maximum absolute atomic E-state index is 13.8. The Labute approximate surface area is 122 Å². The number of hydrogen-bond donors (Lipinski definition) is 2. The fourth-order valence-corrected chi connectivity index (χ4v) is 3.24. The highest BCUT2D eigenvalue weighted by molar-refractivity contribution is 5.91. The van der Waals surface area contributed by atoms with Crippen molar-refractivity contribution in [3.8, 4) is 0 Å². The number of nitrogens with zero attached hydrogens (tertiary/aromatic N) is 1. The summed E-state index contributed by atoms with van der Waals surface area (Å²) in [6, 6.07) is 4.14. The molecule has 0 radical (unpaired) electrons. The van der Waals surface area contributed by atoms with Gasteiger partial charge >= 0.3 is 0 Å². The fraction of sp³-hybridized carbons (Fsp3) is 0.438. The van der Waals surface area contributed by atoms with E-state index in [4.69, 9.17) is 5.11 Å². The van der Waals surface area contributed by atoms with Crippen LogP contribution in [0, 0.1) is 17.6 Å². The summed E-state index contributed by atoms with van der Waals surface area (Å²) in [5, 5.41) is 13.0. The maximum atomic E-state index is 13.8. The van der Waals surface area contributed by atoms with Crippen LogP contribution in [0.5, 0.6) is 0 Å². The summed E-state index contributed by atoms with van der Waals surface area (Å²) < 4.78 is 27.2. The van der Waals surface area contributed by atoms with Gasteiger partial charge in [-0.1, -0.05) is 6.42 Å². The Morgan fingerprint density at radius 3 is 2.95 bits per heavy atom. The van der Waals surface area contributed by atoms with Gasteiger partial charge in [-0.05, 0) is 37.3 Å². The van der Waals surface area contributed by atoms with Crippen LogP contribution in [0.15, 0.2) is 24.4 Å². The first-order valence-electron chi connectivity index (χ1n) is 7.30. The highest BCUT2D eigenvalue weighted by atomic mass is 19.1. The number of aromatic nitrogens is 1. The summed E-state index contributed by atoms with van der Waals surface area (Å²) in [5.74, 6) is -0.849. The summed E-state index contributed by atoms with van der Waals surface area (Å²) in [4.78, 5) is 3.99. The average molecular weight is 292 g/mol. The molecular weight excluding hydrogens is 274 g/mol. The van der Waals surface area contributed by atoms with Crippen LogP contribution in [0.1, 0.15) is 25.7 Å². The molecule has 1 aliphatic rings. The number of aliphatic hydroxyl groups excluding tert-OH is 1. The third-order valence-corrected chi connectivity index (χ3v) is 4.26. The van der Waals surface area contributed by atoms with Crippen LogP contribution < -0.4 is 5.32 Å². The zero-order valence-electron chi connectivity index (χ0n) is 11.6. The molecule has 0 amide bonds. The Morgan fingerprint density at radius 1 is 1.29 bits per heavy atom. The first-order valence-corrected chi connectivity index (χ1v) is 7.30. The highest BCUT2D eigenvalue weighted by Crippen LogP contribution is 2.33. The smallest absolute Gasteiger partial charge is 0.152 e. The van der Waals surface area contributed by atoms with Crippen LogP contribution >= 0.6 is 0 Å². The van der Waals surface area contributed by atoms with Gasteiger partial charge in [0.1, 0.15) is 11.3 Å². The van der Waals surface area contributed by atoms with Crippen LogP contribution in [0.2, 0.25) is 0 Å². The zero-order chi connectivity index (χ0) is 14.8. The van der Waals surface area contributed by atoms with Gasteiger partial charge in [0.25, 0.3) is 0 Å². The summed E-state index contributed by atoms with van der Waals surface area (Å²) in [7, 11) is 0. The Hall–Kier alpha value is -1.75. The number of aliphatic hydroxyl groups is 1.